The third kappa shape index (κ3) is 5.11. The lowest BCUT2D eigenvalue weighted by Crippen LogP contribution is -3.10. The molecule has 27 heavy (non-hydrogen) atoms. The Bertz CT molecular complexity index is 816. The molecule has 1 aromatic carbocycles. The Labute approximate surface area is 160 Å². The first-order valence-corrected chi connectivity index (χ1v) is 9.30. The topological polar surface area (TPSA) is 59.8 Å². The molecule has 0 aliphatic heterocycles. The summed E-state index contributed by atoms with van der Waals surface area (Å²) in [6, 6.07) is 13.7. The van der Waals surface area contributed by atoms with E-state index in [4.69, 9.17) is 8.83 Å². The molecule has 5 nitrogen and oxygen atoms in total. The van der Waals surface area contributed by atoms with E-state index in [2.05, 4.69) is 25.2 Å². The highest BCUT2D eigenvalue weighted by Gasteiger charge is 2.20. The molecule has 2 heterocycles. The number of carbonyl (C=O) groups is 1. The van der Waals surface area contributed by atoms with Gasteiger partial charge in [0, 0.05) is 5.69 Å². The standard InChI is InChI=1S/C22H26N2O3/c1-16(2)20-10-4-7-17(3)22(20)23-21(25)15-24(13-18-8-5-11-26-18)14-19-9-6-12-27-19/h4-12,16H,13-15H2,1-3H3,(H,23,25)/p+1. The Morgan fingerprint density at radius 2 is 1.63 bits per heavy atom. The maximum atomic E-state index is 12.8. The molecular formula is C22H27N2O3+. The summed E-state index contributed by atoms with van der Waals surface area (Å²) in [5.74, 6) is 2.03. The lowest BCUT2D eigenvalue weighted by Gasteiger charge is -2.19. The first kappa shape index (κ1) is 19.0. The molecule has 0 saturated carbocycles. The van der Waals surface area contributed by atoms with Gasteiger partial charge in [0.25, 0.3) is 5.91 Å². The molecule has 142 valence electrons. The number of anilines is 1. The molecule has 0 radical (unpaired) electrons. The summed E-state index contributed by atoms with van der Waals surface area (Å²) in [6.45, 7) is 7.86. The Morgan fingerprint density at radius 1 is 1.00 bits per heavy atom. The van der Waals surface area contributed by atoms with E-state index in [9.17, 15) is 4.79 Å². The summed E-state index contributed by atoms with van der Waals surface area (Å²) in [4.78, 5) is 13.9. The number of para-hydroxylation sites is 1. The second-order valence-corrected chi connectivity index (χ2v) is 7.18. The van der Waals surface area contributed by atoms with Gasteiger partial charge >= 0.3 is 0 Å². The lowest BCUT2D eigenvalue weighted by atomic mass is 9.98. The summed E-state index contributed by atoms with van der Waals surface area (Å²) < 4.78 is 10.9. The predicted molar refractivity (Wildman–Crippen MR) is 105 cm³/mol. The van der Waals surface area contributed by atoms with E-state index < -0.39 is 0 Å². The number of hydrogen-bond donors (Lipinski definition) is 2. The minimum Gasteiger partial charge on any atom is -0.463 e. The molecule has 2 aromatic heterocycles. The highest BCUT2D eigenvalue weighted by molar-refractivity contribution is 5.93. The van der Waals surface area contributed by atoms with Crippen LogP contribution in [0.2, 0.25) is 0 Å². The molecule has 0 aliphatic rings. The van der Waals surface area contributed by atoms with Gasteiger partial charge in [-0.05, 0) is 48.2 Å². The Hall–Kier alpha value is -2.79. The van der Waals surface area contributed by atoms with Gasteiger partial charge in [-0.1, -0.05) is 32.0 Å². The van der Waals surface area contributed by atoms with Crippen molar-refractivity contribution in [1.82, 2.24) is 0 Å². The smallest absolute Gasteiger partial charge is 0.279 e. The predicted octanol–water partition coefficient (Wildman–Crippen LogP) is 3.53. The quantitative estimate of drug-likeness (QED) is 0.640. The van der Waals surface area contributed by atoms with Gasteiger partial charge < -0.3 is 19.1 Å². The summed E-state index contributed by atoms with van der Waals surface area (Å²) in [7, 11) is 0. The van der Waals surface area contributed by atoms with E-state index in [1.807, 2.05) is 43.3 Å². The fourth-order valence-corrected chi connectivity index (χ4v) is 3.26. The zero-order valence-corrected chi connectivity index (χ0v) is 16.1. The lowest BCUT2D eigenvalue weighted by molar-refractivity contribution is -0.921. The maximum absolute atomic E-state index is 12.8. The van der Waals surface area contributed by atoms with Gasteiger partial charge in [-0.3, -0.25) is 4.79 Å². The van der Waals surface area contributed by atoms with Crippen molar-refractivity contribution in [2.45, 2.75) is 39.8 Å². The van der Waals surface area contributed by atoms with Crippen LogP contribution in [0.3, 0.4) is 0 Å². The molecule has 2 N–H and O–H groups in total. The van der Waals surface area contributed by atoms with E-state index in [1.165, 1.54) is 0 Å². The van der Waals surface area contributed by atoms with Gasteiger partial charge in [-0.15, -0.1) is 0 Å². The van der Waals surface area contributed by atoms with Crippen LogP contribution in [-0.2, 0) is 17.9 Å². The number of amides is 1. The molecular weight excluding hydrogens is 340 g/mol. The van der Waals surface area contributed by atoms with Crippen LogP contribution >= 0.6 is 0 Å². The summed E-state index contributed by atoms with van der Waals surface area (Å²) in [5.41, 5.74) is 3.16. The van der Waals surface area contributed by atoms with Crippen LogP contribution < -0.4 is 10.2 Å². The highest BCUT2D eigenvalue weighted by Crippen LogP contribution is 2.27. The largest absolute Gasteiger partial charge is 0.463 e. The van der Waals surface area contributed by atoms with Gasteiger partial charge in [0.1, 0.15) is 13.1 Å². The number of benzene rings is 1. The summed E-state index contributed by atoms with van der Waals surface area (Å²) in [6.07, 6.45) is 3.31. The van der Waals surface area contributed by atoms with Crippen LogP contribution in [0.4, 0.5) is 5.69 Å². The van der Waals surface area contributed by atoms with Crippen molar-refractivity contribution in [3.8, 4) is 0 Å². The molecule has 0 bridgehead atoms. The number of aryl methyl sites for hydroxylation is 1. The number of quaternary nitrogens is 1. The third-order valence-corrected chi connectivity index (χ3v) is 4.61. The molecule has 3 rings (SSSR count). The zero-order valence-electron chi connectivity index (χ0n) is 16.1. The van der Waals surface area contributed by atoms with Crippen molar-refractivity contribution < 1.29 is 18.5 Å². The van der Waals surface area contributed by atoms with E-state index in [-0.39, 0.29) is 5.91 Å². The zero-order chi connectivity index (χ0) is 19.2. The van der Waals surface area contributed by atoms with E-state index >= 15 is 0 Å². The van der Waals surface area contributed by atoms with Crippen LogP contribution in [0.15, 0.2) is 63.8 Å². The third-order valence-electron chi connectivity index (χ3n) is 4.61. The average molecular weight is 367 g/mol. The van der Waals surface area contributed by atoms with Crippen LogP contribution in [-0.4, -0.2) is 12.5 Å². The first-order chi connectivity index (χ1) is 13.0. The number of hydrogen-bond acceptors (Lipinski definition) is 3. The number of furan rings is 2. The van der Waals surface area contributed by atoms with Crippen LogP contribution in [0.1, 0.15) is 42.4 Å². The molecule has 0 atom stereocenters. The SMILES string of the molecule is Cc1cccc(C(C)C)c1NC(=O)C[NH+](Cc1ccco1)Cc1ccco1. The molecule has 0 fully saturated rings. The van der Waals surface area contributed by atoms with Crippen LogP contribution in [0.5, 0.6) is 0 Å². The molecule has 0 spiro atoms. The molecule has 0 unspecified atom stereocenters. The monoisotopic (exact) mass is 367 g/mol. The fraction of sp³-hybridized carbons (Fsp3) is 0.318. The van der Waals surface area contributed by atoms with Gasteiger partial charge in [-0.2, -0.15) is 0 Å². The molecule has 3 aromatic rings. The minimum absolute atomic E-state index is 0.0145. The second kappa shape index (κ2) is 8.73. The molecule has 5 heteroatoms. The Balaban J connectivity index is 1.72. The molecule has 0 saturated heterocycles. The Morgan fingerprint density at radius 3 is 2.15 bits per heavy atom. The van der Waals surface area contributed by atoms with Crippen molar-refractivity contribution in [3.05, 3.63) is 77.6 Å². The maximum Gasteiger partial charge on any atom is 0.279 e. The number of carbonyl (C=O) groups excluding carboxylic acids is 1. The second-order valence-electron chi connectivity index (χ2n) is 7.18. The molecule has 0 aliphatic carbocycles. The van der Waals surface area contributed by atoms with Crippen molar-refractivity contribution in [2.75, 3.05) is 11.9 Å². The van der Waals surface area contributed by atoms with Gasteiger partial charge in [-0.25, -0.2) is 0 Å². The normalized spacial score (nSPS) is 11.3. The van der Waals surface area contributed by atoms with Crippen LogP contribution in [0, 0.1) is 6.92 Å². The van der Waals surface area contributed by atoms with Crippen molar-refractivity contribution in [3.63, 3.8) is 0 Å². The van der Waals surface area contributed by atoms with Crippen molar-refractivity contribution in [2.24, 2.45) is 0 Å². The van der Waals surface area contributed by atoms with Gasteiger partial charge in [0.2, 0.25) is 0 Å². The Kier molecular flexibility index (Phi) is 6.14. The van der Waals surface area contributed by atoms with Crippen molar-refractivity contribution in [1.29, 1.82) is 0 Å². The van der Waals surface area contributed by atoms with E-state index in [1.54, 1.807) is 12.5 Å². The fourth-order valence-electron chi connectivity index (χ4n) is 3.26. The highest BCUT2D eigenvalue weighted by atomic mass is 16.3. The van der Waals surface area contributed by atoms with E-state index in [0.717, 1.165) is 33.2 Å². The minimum atomic E-state index is -0.0145. The average Bonchev–Trinajstić information content (AvgIpc) is 3.30. The summed E-state index contributed by atoms with van der Waals surface area (Å²) >= 11 is 0. The summed E-state index contributed by atoms with van der Waals surface area (Å²) in [5, 5.41) is 3.13. The van der Waals surface area contributed by atoms with E-state index in [0.29, 0.717) is 25.6 Å². The number of nitrogens with one attached hydrogen (secondary N) is 2. The first-order valence-electron chi connectivity index (χ1n) is 9.30. The van der Waals surface area contributed by atoms with Gasteiger partial charge in [0.15, 0.2) is 18.1 Å². The van der Waals surface area contributed by atoms with Crippen molar-refractivity contribution >= 4 is 11.6 Å². The van der Waals surface area contributed by atoms with Gasteiger partial charge in [0.05, 0.1) is 12.5 Å². The van der Waals surface area contributed by atoms with Crippen LogP contribution in [0.25, 0.3) is 0 Å². The molecule has 1 amide bonds. The number of rotatable bonds is 8.